The zero-order chi connectivity index (χ0) is 14.0. The van der Waals surface area contributed by atoms with Crippen LogP contribution in [0.25, 0.3) is 11.1 Å². The Hall–Kier alpha value is -1.61. The molecule has 1 heterocycles. The SMILES string of the molecule is CCc1nn(C)cc1-c1ccc([C@@H](C)N(C)C)cc1. The third-order valence-corrected chi connectivity index (χ3v) is 3.72. The normalized spacial score (nSPS) is 12.9. The molecule has 0 radical (unpaired) electrons. The molecule has 0 aliphatic rings. The summed E-state index contributed by atoms with van der Waals surface area (Å²) < 4.78 is 1.89. The lowest BCUT2D eigenvalue weighted by Gasteiger charge is -2.20. The van der Waals surface area contributed by atoms with Crippen LogP contribution in [-0.2, 0) is 13.5 Å². The fourth-order valence-corrected chi connectivity index (χ4v) is 2.28. The van der Waals surface area contributed by atoms with Crippen molar-refractivity contribution in [2.45, 2.75) is 26.3 Å². The Balaban J connectivity index is 2.32. The van der Waals surface area contributed by atoms with Gasteiger partial charge in [0.1, 0.15) is 0 Å². The van der Waals surface area contributed by atoms with Crippen LogP contribution in [0.2, 0.25) is 0 Å². The summed E-state index contributed by atoms with van der Waals surface area (Å²) in [6.07, 6.45) is 3.06. The molecule has 19 heavy (non-hydrogen) atoms. The number of nitrogens with zero attached hydrogens (tertiary/aromatic N) is 3. The maximum atomic E-state index is 4.50. The third kappa shape index (κ3) is 2.87. The van der Waals surface area contributed by atoms with Gasteiger partial charge in [-0.2, -0.15) is 5.10 Å². The van der Waals surface area contributed by atoms with E-state index in [2.05, 4.69) is 68.4 Å². The van der Waals surface area contributed by atoms with Gasteiger partial charge in [0.15, 0.2) is 0 Å². The first-order chi connectivity index (χ1) is 9.02. The summed E-state index contributed by atoms with van der Waals surface area (Å²) >= 11 is 0. The van der Waals surface area contributed by atoms with E-state index in [0.29, 0.717) is 6.04 Å². The van der Waals surface area contributed by atoms with Crippen LogP contribution in [0.15, 0.2) is 30.5 Å². The van der Waals surface area contributed by atoms with E-state index < -0.39 is 0 Å². The van der Waals surface area contributed by atoms with Crippen molar-refractivity contribution in [1.29, 1.82) is 0 Å². The summed E-state index contributed by atoms with van der Waals surface area (Å²) in [7, 11) is 6.19. The molecule has 0 aliphatic carbocycles. The second kappa shape index (κ2) is 5.57. The average Bonchev–Trinajstić information content (AvgIpc) is 2.79. The van der Waals surface area contributed by atoms with Crippen molar-refractivity contribution >= 4 is 0 Å². The lowest BCUT2D eigenvalue weighted by atomic mass is 10.0. The van der Waals surface area contributed by atoms with Crippen LogP contribution in [0.3, 0.4) is 0 Å². The highest BCUT2D eigenvalue weighted by Crippen LogP contribution is 2.26. The molecule has 1 aromatic heterocycles. The standard InChI is InChI=1S/C16H23N3/c1-6-16-15(11-19(5)17-16)14-9-7-13(8-10-14)12(2)18(3)4/h7-12H,6H2,1-5H3/t12-/m1/s1. The average molecular weight is 257 g/mol. The van der Waals surface area contributed by atoms with Crippen molar-refractivity contribution in [2.24, 2.45) is 7.05 Å². The molecule has 2 rings (SSSR count). The molecule has 102 valence electrons. The second-order valence-corrected chi connectivity index (χ2v) is 5.28. The number of aryl methyl sites for hydroxylation is 2. The summed E-state index contributed by atoms with van der Waals surface area (Å²) in [6, 6.07) is 9.27. The van der Waals surface area contributed by atoms with Gasteiger partial charge < -0.3 is 4.90 Å². The third-order valence-electron chi connectivity index (χ3n) is 3.72. The number of rotatable bonds is 4. The highest BCUT2D eigenvalue weighted by molar-refractivity contribution is 5.65. The van der Waals surface area contributed by atoms with Gasteiger partial charge in [-0.15, -0.1) is 0 Å². The van der Waals surface area contributed by atoms with E-state index in [-0.39, 0.29) is 0 Å². The maximum absolute atomic E-state index is 4.50. The summed E-state index contributed by atoms with van der Waals surface area (Å²) in [5, 5.41) is 4.50. The van der Waals surface area contributed by atoms with Crippen molar-refractivity contribution in [3.8, 4) is 11.1 Å². The van der Waals surface area contributed by atoms with E-state index in [1.54, 1.807) is 0 Å². The predicted octanol–water partition coefficient (Wildman–Crippen LogP) is 3.27. The minimum Gasteiger partial charge on any atom is -0.303 e. The monoisotopic (exact) mass is 257 g/mol. The first-order valence-electron chi connectivity index (χ1n) is 6.82. The molecule has 0 spiro atoms. The smallest absolute Gasteiger partial charge is 0.0700 e. The van der Waals surface area contributed by atoms with E-state index in [4.69, 9.17) is 0 Å². The Labute approximate surface area is 115 Å². The molecule has 0 aliphatic heterocycles. The largest absolute Gasteiger partial charge is 0.303 e. The Morgan fingerprint density at radius 2 is 1.84 bits per heavy atom. The zero-order valence-corrected chi connectivity index (χ0v) is 12.5. The zero-order valence-electron chi connectivity index (χ0n) is 12.5. The predicted molar refractivity (Wildman–Crippen MR) is 80.1 cm³/mol. The highest BCUT2D eigenvalue weighted by atomic mass is 15.2. The van der Waals surface area contributed by atoms with Gasteiger partial charge in [0, 0.05) is 24.8 Å². The van der Waals surface area contributed by atoms with Gasteiger partial charge >= 0.3 is 0 Å². The van der Waals surface area contributed by atoms with Gasteiger partial charge in [0.25, 0.3) is 0 Å². The van der Waals surface area contributed by atoms with Crippen LogP contribution >= 0.6 is 0 Å². The van der Waals surface area contributed by atoms with E-state index >= 15 is 0 Å². The Kier molecular flexibility index (Phi) is 4.05. The van der Waals surface area contributed by atoms with Crippen LogP contribution < -0.4 is 0 Å². The first-order valence-corrected chi connectivity index (χ1v) is 6.82. The van der Waals surface area contributed by atoms with Gasteiger partial charge in [-0.3, -0.25) is 4.68 Å². The Morgan fingerprint density at radius 1 is 1.21 bits per heavy atom. The molecule has 0 N–H and O–H groups in total. The summed E-state index contributed by atoms with van der Waals surface area (Å²) in [5.41, 5.74) is 5.00. The summed E-state index contributed by atoms with van der Waals surface area (Å²) in [4.78, 5) is 2.22. The van der Waals surface area contributed by atoms with Crippen molar-refractivity contribution in [1.82, 2.24) is 14.7 Å². The van der Waals surface area contributed by atoms with Crippen LogP contribution in [-0.4, -0.2) is 28.8 Å². The van der Waals surface area contributed by atoms with Crippen LogP contribution in [0, 0.1) is 0 Å². The molecule has 1 atom stereocenters. The van der Waals surface area contributed by atoms with Gasteiger partial charge in [-0.25, -0.2) is 0 Å². The molecule has 0 saturated heterocycles. The topological polar surface area (TPSA) is 21.1 Å². The quantitative estimate of drug-likeness (QED) is 0.838. The van der Waals surface area contributed by atoms with E-state index in [9.17, 15) is 0 Å². The fourth-order valence-electron chi connectivity index (χ4n) is 2.28. The minimum atomic E-state index is 0.439. The lowest BCUT2D eigenvalue weighted by molar-refractivity contribution is 0.321. The maximum Gasteiger partial charge on any atom is 0.0700 e. The van der Waals surface area contributed by atoms with Crippen molar-refractivity contribution < 1.29 is 0 Å². The fraction of sp³-hybridized carbons (Fsp3) is 0.438. The molecule has 3 heteroatoms. The van der Waals surface area contributed by atoms with Crippen molar-refractivity contribution in [3.63, 3.8) is 0 Å². The molecule has 0 bridgehead atoms. The highest BCUT2D eigenvalue weighted by Gasteiger charge is 2.10. The van der Waals surface area contributed by atoms with Crippen molar-refractivity contribution in [2.75, 3.05) is 14.1 Å². The minimum absolute atomic E-state index is 0.439. The van der Waals surface area contributed by atoms with Crippen LogP contribution in [0.1, 0.15) is 31.1 Å². The number of aromatic nitrogens is 2. The van der Waals surface area contributed by atoms with E-state index in [1.165, 1.54) is 16.7 Å². The Morgan fingerprint density at radius 3 is 2.37 bits per heavy atom. The Bertz CT molecular complexity index is 538. The molecule has 0 fully saturated rings. The first kappa shape index (κ1) is 13.8. The van der Waals surface area contributed by atoms with Crippen LogP contribution in [0.5, 0.6) is 0 Å². The molecular formula is C16H23N3. The molecule has 0 amide bonds. The molecule has 3 nitrogen and oxygen atoms in total. The van der Waals surface area contributed by atoms with Crippen LogP contribution in [0.4, 0.5) is 0 Å². The molecule has 2 aromatic rings. The number of benzene rings is 1. The number of hydrogen-bond donors (Lipinski definition) is 0. The lowest BCUT2D eigenvalue weighted by Crippen LogP contribution is -2.16. The summed E-state index contributed by atoms with van der Waals surface area (Å²) in [5.74, 6) is 0. The second-order valence-electron chi connectivity index (χ2n) is 5.28. The van der Waals surface area contributed by atoms with E-state index in [0.717, 1.165) is 12.1 Å². The number of hydrogen-bond acceptors (Lipinski definition) is 2. The molecule has 0 saturated carbocycles. The van der Waals surface area contributed by atoms with E-state index in [1.807, 2.05) is 11.7 Å². The van der Waals surface area contributed by atoms with Gasteiger partial charge in [-0.1, -0.05) is 31.2 Å². The van der Waals surface area contributed by atoms with Crippen molar-refractivity contribution in [3.05, 3.63) is 41.7 Å². The molecule has 1 aromatic carbocycles. The van der Waals surface area contributed by atoms with Gasteiger partial charge in [0.2, 0.25) is 0 Å². The van der Waals surface area contributed by atoms with Gasteiger partial charge in [-0.05, 0) is 38.6 Å². The molecule has 0 unspecified atom stereocenters. The van der Waals surface area contributed by atoms with Gasteiger partial charge in [0.05, 0.1) is 5.69 Å². The molecular weight excluding hydrogens is 234 g/mol. The summed E-state index contributed by atoms with van der Waals surface area (Å²) in [6.45, 7) is 4.37.